The Kier molecular flexibility index (Phi) is 6.25. The van der Waals surface area contributed by atoms with Crippen molar-refractivity contribution in [1.29, 1.82) is 0 Å². The molecular weight excluding hydrogens is 412 g/mol. The van der Waals surface area contributed by atoms with Crippen molar-refractivity contribution in [2.45, 2.75) is 0 Å². The molecule has 1 unspecified atom stereocenters. The van der Waals surface area contributed by atoms with Crippen LogP contribution in [0.25, 0.3) is 0 Å². The van der Waals surface area contributed by atoms with Crippen LogP contribution in [0.5, 0.6) is 11.5 Å². The normalized spacial score (nSPS) is 11.3. The summed E-state index contributed by atoms with van der Waals surface area (Å²) in [6.45, 7) is 0. The van der Waals surface area contributed by atoms with Crippen molar-refractivity contribution in [3.8, 4) is 11.5 Å². The maximum Gasteiger partial charge on any atom is 0.249 e. The van der Waals surface area contributed by atoms with Gasteiger partial charge in [0.25, 0.3) is 0 Å². The van der Waals surface area contributed by atoms with E-state index in [9.17, 15) is 0 Å². The molecule has 0 bridgehead atoms. The van der Waals surface area contributed by atoms with Gasteiger partial charge < -0.3 is 9.05 Å². The second-order valence-corrected chi connectivity index (χ2v) is 6.74. The summed E-state index contributed by atoms with van der Waals surface area (Å²) in [6.07, 6.45) is 0. The number of halogens is 2. The number of hydrogen-bond acceptors (Lipinski definition) is 3. The van der Waals surface area contributed by atoms with E-state index in [2.05, 4.69) is 36.4 Å². The van der Waals surface area contributed by atoms with Crippen LogP contribution in [0.2, 0.25) is 0 Å². The summed E-state index contributed by atoms with van der Waals surface area (Å²) in [5, 5.41) is 0. The quantitative estimate of drug-likeness (QED) is 0.537. The highest BCUT2D eigenvalue weighted by molar-refractivity contribution is 9.10. The van der Waals surface area contributed by atoms with Crippen LogP contribution in [0.4, 0.5) is 0 Å². The maximum absolute atomic E-state index is 5.46. The predicted octanol–water partition coefficient (Wildman–Crippen LogP) is 6.22. The zero-order chi connectivity index (χ0) is 13.5. The van der Waals surface area contributed by atoms with Gasteiger partial charge in [0.1, 0.15) is 11.5 Å². The minimum Gasteiger partial charge on any atom is -0.454 e. The van der Waals surface area contributed by atoms with Crippen LogP contribution in [0.3, 0.4) is 0 Å². The van der Waals surface area contributed by atoms with E-state index in [0.29, 0.717) is 8.60 Å². The lowest BCUT2D eigenvalue weighted by molar-refractivity contribution is 0.626. The molecule has 19 heavy (non-hydrogen) atoms. The average molecular weight is 421 g/mol. The van der Waals surface area contributed by atoms with Crippen LogP contribution in [-0.2, 0) is 0 Å². The largest absolute Gasteiger partial charge is 0.454 e. The summed E-state index contributed by atoms with van der Waals surface area (Å²) >= 11 is 6.73. The minimum atomic E-state index is 0.0189. The average Bonchev–Trinajstić information content (AvgIpc) is 2.43. The maximum atomic E-state index is 5.46. The highest BCUT2D eigenvalue weighted by atomic mass is 79.9. The smallest absolute Gasteiger partial charge is 0.249 e. The van der Waals surface area contributed by atoms with Crippen LogP contribution in [0, 0.1) is 0 Å². The second-order valence-electron chi connectivity index (χ2n) is 3.37. The summed E-state index contributed by atoms with van der Waals surface area (Å²) in [6, 6.07) is 15.2. The van der Waals surface area contributed by atoms with Crippen molar-refractivity contribution in [2.24, 2.45) is 4.52 Å². The third kappa shape index (κ3) is 5.58. The summed E-state index contributed by atoms with van der Waals surface area (Å²) in [7, 11) is 0.552. The van der Waals surface area contributed by atoms with Crippen molar-refractivity contribution >= 4 is 49.4 Å². The Hall–Kier alpha value is -0.470. The van der Waals surface area contributed by atoms with Crippen LogP contribution in [0.1, 0.15) is 0 Å². The van der Waals surface area contributed by atoms with Gasteiger partial charge in [-0.15, -0.1) is 0 Å². The minimum absolute atomic E-state index is 0.0189. The van der Waals surface area contributed by atoms with Crippen molar-refractivity contribution in [3.63, 3.8) is 0 Å². The van der Waals surface area contributed by atoms with Gasteiger partial charge in [0.15, 0.2) is 0 Å². The molecule has 0 radical (unpaired) electrons. The van der Waals surface area contributed by atoms with Crippen molar-refractivity contribution in [1.82, 2.24) is 0 Å². The number of nitrogens with zero attached hydrogens (tertiary/aromatic N) is 1. The Morgan fingerprint density at radius 2 is 1.37 bits per heavy atom. The van der Waals surface area contributed by atoms with E-state index in [0.717, 1.165) is 20.4 Å². The van der Waals surface area contributed by atoms with Crippen LogP contribution < -0.4 is 9.05 Å². The first kappa shape index (κ1) is 14.9. The number of rotatable bonds is 5. The zero-order valence-electron chi connectivity index (χ0n) is 9.59. The molecule has 3 nitrogen and oxygen atoms in total. The third-order valence-corrected chi connectivity index (χ3v) is 4.35. The van der Waals surface area contributed by atoms with Gasteiger partial charge in [0.05, 0.1) is 0 Å². The van der Waals surface area contributed by atoms with Gasteiger partial charge in [0.2, 0.25) is 17.6 Å². The first-order chi connectivity index (χ1) is 9.24. The van der Waals surface area contributed by atoms with E-state index in [1.54, 1.807) is 0 Å². The van der Waals surface area contributed by atoms with E-state index in [1.807, 2.05) is 48.5 Å². The topological polar surface area (TPSA) is 30.8 Å². The molecule has 0 saturated heterocycles. The van der Waals surface area contributed by atoms with Crippen LogP contribution >= 0.6 is 49.4 Å². The molecule has 2 rings (SSSR count). The lowest BCUT2D eigenvalue weighted by Crippen LogP contribution is -1.75. The molecule has 0 amide bonds. The van der Waals surface area contributed by atoms with Crippen LogP contribution in [-0.4, -0.2) is 0 Å². The lowest BCUT2D eigenvalue weighted by Gasteiger charge is -2.01. The molecule has 0 N–H and O–H groups in total. The molecule has 0 aliphatic heterocycles. The molecule has 7 heteroatoms. The molecule has 1 atom stereocenters. The molecular formula is C12H9Br2NO2P2. The molecule has 0 aliphatic carbocycles. The first-order valence-electron chi connectivity index (χ1n) is 5.24. The predicted molar refractivity (Wildman–Crippen MR) is 87.2 cm³/mol. The molecule has 0 aromatic heterocycles. The van der Waals surface area contributed by atoms with Crippen molar-refractivity contribution in [3.05, 3.63) is 57.5 Å². The third-order valence-electron chi connectivity index (χ3n) is 2.02. The first-order valence-corrected chi connectivity index (χ1v) is 8.45. The zero-order valence-corrected chi connectivity index (χ0v) is 14.7. The van der Waals surface area contributed by atoms with E-state index >= 15 is 0 Å². The van der Waals surface area contributed by atoms with E-state index in [4.69, 9.17) is 9.05 Å². The Morgan fingerprint density at radius 3 is 1.95 bits per heavy atom. The monoisotopic (exact) mass is 419 g/mol. The van der Waals surface area contributed by atoms with Gasteiger partial charge in [0, 0.05) is 8.95 Å². The Balaban J connectivity index is 1.75. The number of benzene rings is 2. The van der Waals surface area contributed by atoms with Gasteiger partial charge in [-0.1, -0.05) is 31.9 Å². The number of hydrogen-bond donors (Lipinski definition) is 0. The van der Waals surface area contributed by atoms with E-state index in [1.165, 1.54) is 0 Å². The van der Waals surface area contributed by atoms with Gasteiger partial charge in [-0.05, 0) is 48.5 Å². The van der Waals surface area contributed by atoms with Crippen molar-refractivity contribution in [2.75, 3.05) is 0 Å². The van der Waals surface area contributed by atoms with Crippen LogP contribution in [0.15, 0.2) is 62.0 Å². The molecule has 0 spiro atoms. The van der Waals surface area contributed by atoms with Crippen molar-refractivity contribution < 1.29 is 9.05 Å². The Morgan fingerprint density at radius 1 is 0.842 bits per heavy atom. The molecule has 0 heterocycles. The van der Waals surface area contributed by atoms with Gasteiger partial charge >= 0.3 is 0 Å². The standard InChI is InChI=1S/C12H9Br2NO2P2/c13-9-1-5-11(6-2-9)16-18-15-19-17-12-7-3-10(14)4-8-12/h1-8,18H. The fourth-order valence-electron chi connectivity index (χ4n) is 1.16. The molecule has 98 valence electrons. The highest BCUT2D eigenvalue weighted by Gasteiger charge is 1.93. The molecule has 0 saturated carbocycles. The van der Waals surface area contributed by atoms with E-state index in [-0.39, 0.29) is 8.96 Å². The summed E-state index contributed by atoms with van der Waals surface area (Å²) in [5.74, 6) is 1.58. The van der Waals surface area contributed by atoms with E-state index < -0.39 is 0 Å². The molecule has 2 aromatic rings. The highest BCUT2D eigenvalue weighted by Crippen LogP contribution is 2.27. The Labute approximate surface area is 131 Å². The molecule has 0 fully saturated rings. The van der Waals surface area contributed by atoms with Gasteiger partial charge in [-0.2, -0.15) is 4.52 Å². The second kappa shape index (κ2) is 7.96. The molecule has 2 aromatic carbocycles. The van der Waals surface area contributed by atoms with Gasteiger partial charge in [-0.3, -0.25) is 0 Å². The fourth-order valence-corrected chi connectivity index (χ4v) is 2.60. The summed E-state index contributed by atoms with van der Waals surface area (Å²) in [4.78, 5) is 0. The fraction of sp³-hybridized carbons (Fsp3) is 0. The Bertz CT molecular complexity index is 547. The lowest BCUT2D eigenvalue weighted by atomic mass is 10.3. The summed E-state index contributed by atoms with van der Waals surface area (Å²) < 4.78 is 17.1. The SMILES string of the molecule is Brc1ccc(OP=NPOc2ccc(Br)cc2)cc1. The van der Waals surface area contributed by atoms with Gasteiger partial charge in [-0.25, -0.2) is 0 Å². The summed E-state index contributed by atoms with van der Waals surface area (Å²) in [5.41, 5.74) is 0. The molecule has 0 aliphatic rings.